The quantitative estimate of drug-likeness (QED) is 0.816. The van der Waals surface area contributed by atoms with Crippen LogP contribution in [0.2, 0.25) is 0 Å². The van der Waals surface area contributed by atoms with Gasteiger partial charge in [-0.2, -0.15) is 0 Å². The topological polar surface area (TPSA) is 58.4 Å². The molecule has 0 spiro atoms. The monoisotopic (exact) mass is 311 g/mol. The number of carbonyl (C=O) groups is 1. The Balaban J connectivity index is 1.81. The summed E-state index contributed by atoms with van der Waals surface area (Å²) in [7, 11) is 2.10. The Labute approximate surface area is 116 Å². The highest BCUT2D eigenvalue weighted by Gasteiger charge is 2.25. The first-order valence-electron chi connectivity index (χ1n) is 6.11. The lowest BCUT2D eigenvalue weighted by atomic mass is 10.2. The Morgan fingerprint density at radius 2 is 2.28 bits per heavy atom. The molecular weight excluding hydrogens is 294 g/mol. The van der Waals surface area contributed by atoms with Crippen molar-refractivity contribution >= 4 is 27.5 Å². The van der Waals surface area contributed by atoms with Crippen molar-refractivity contribution in [2.45, 2.75) is 18.9 Å². The molecule has 4 nitrogen and oxygen atoms in total. The van der Waals surface area contributed by atoms with E-state index in [1.807, 2.05) is 0 Å². The number of carbonyl (C=O) groups excluding carboxylic acids is 1. The summed E-state index contributed by atoms with van der Waals surface area (Å²) >= 11 is 3.32. The standard InChI is InChI=1S/C13H18BrN3O/c1-17(10-3-4-10)7-6-16-13(18)9-2-5-12(15)11(14)8-9/h2,5,8,10H,3-4,6-7,15H2,1H3,(H,16,18). The SMILES string of the molecule is CN(CCNC(=O)c1ccc(N)c(Br)c1)C1CC1. The average Bonchev–Trinajstić information content (AvgIpc) is 3.16. The van der Waals surface area contributed by atoms with Crippen molar-refractivity contribution in [3.8, 4) is 0 Å². The Morgan fingerprint density at radius 1 is 1.56 bits per heavy atom. The summed E-state index contributed by atoms with van der Waals surface area (Å²) in [6.07, 6.45) is 2.57. The van der Waals surface area contributed by atoms with E-state index >= 15 is 0 Å². The van der Waals surface area contributed by atoms with Gasteiger partial charge in [-0.05, 0) is 54.0 Å². The van der Waals surface area contributed by atoms with Gasteiger partial charge in [-0.3, -0.25) is 4.79 Å². The van der Waals surface area contributed by atoms with E-state index in [9.17, 15) is 4.79 Å². The first-order chi connectivity index (χ1) is 8.58. The van der Waals surface area contributed by atoms with Gasteiger partial charge in [0, 0.05) is 34.9 Å². The number of nitrogens with zero attached hydrogens (tertiary/aromatic N) is 1. The van der Waals surface area contributed by atoms with Crippen LogP contribution in [-0.2, 0) is 0 Å². The van der Waals surface area contributed by atoms with Crippen LogP contribution < -0.4 is 11.1 Å². The van der Waals surface area contributed by atoms with E-state index in [0.29, 0.717) is 17.8 Å². The Bertz CT molecular complexity index is 446. The third-order valence-corrected chi connectivity index (χ3v) is 3.87. The molecule has 0 atom stereocenters. The minimum absolute atomic E-state index is 0.0557. The zero-order valence-corrected chi connectivity index (χ0v) is 12.0. The molecule has 1 aliphatic rings. The summed E-state index contributed by atoms with van der Waals surface area (Å²) < 4.78 is 0.755. The Hall–Kier alpha value is -1.07. The average molecular weight is 312 g/mol. The van der Waals surface area contributed by atoms with Crippen LogP contribution in [0.5, 0.6) is 0 Å². The summed E-state index contributed by atoms with van der Waals surface area (Å²) in [5.41, 5.74) is 6.95. The molecule has 18 heavy (non-hydrogen) atoms. The van der Waals surface area contributed by atoms with E-state index in [1.54, 1.807) is 18.2 Å². The molecule has 1 fully saturated rings. The maximum atomic E-state index is 11.9. The number of halogens is 1. The molecule has 98 valence electrons. The van der Waals surface area contributed by atoms with Crippen molar-refractivity contribution in [3.05, 3.63) is 28.2 Å². The van der Waals surface area contributed by atoms with Crippen molar-refractivity contribution in [2.75, 3.05) is 25.9 Å². The molecule has 1 amide bonds. The third kappa shape index (κ3) is 3.46. The molecule has 0 aromatic heterocycles. The Kier molecular flexibility index (Phi) is 4.24. The molecule has 1 aliphatic carbocycles. The number of likely N-dealkylation sites (N-methyl/N-ethyl adjacent to an activating group) is 1. The molecule has 0 heterocycles. The highest BCUT2D eigenvalue weighted by Crippen LogP contribution is 2.24. The van der Waals surface area contributed by atoms with Gasteiger partial charge < -0.3 is 16.0 Å². The van der Waals surface area contributed by atoms with E-state index in [2.05, 4.69) is 33.2 Å². The molecule has 1 saturated carbocycles. The van der Waals surface area contributed by atoms with E-state index in [1.165, 1.54) is 12.8 Å². The van der Waals surface area contributed by atoms with Gasteiger partial charge in [0.2, 0.25) is 0 Å². The van der Waals surface area contributed by atoms with Gasteiger partial charge >= 0.3 is 0 Å². The normalized spacial score (nSPS) is 14.8. The van der Waals surface area contributed by atoms with Crippen LogP contribution in [0, 0.1) is 0 Å². The van der Waals surface area contributed by atoms with Crippen LogP contribution in [0.15, 0.2) is 22.7 Å². The van der Waals surface area contributed by atoms with Crippen LogP contribution >= 0.6 is 15.9 Å². The maximum Gasteiger partial charge on any atom is 0.251 e. The minimum atomic E-state index is -0.0557. The van der Waals surface area contributed by atoms with Crippen molar-refractivity contribution in [1.82, 2.24) is 10.2 Å². The zero-order chi connectivity index (χ0) is 13.1. The van der Waals surface area contributed by atoms with Crippen molar-refractivity contribution < 1.29 is 4.79 Å². The van der Waals surface area contributed by atoms with Gasteiger partial charge in [-0.25, -0.2) is 0 Å². The molecule has 1 aromatic rings. The molecule has 5 heteroatoms. The lowest BCUT2D eigenvalue weighted by molar-refractivity contribution is 0.0949. The smallest absolute Gasteiger partial charge is 0.251 e. The second-order valence-electron chi connectivity index (χ2n) is 4.70. The minimum Gasteiger partial charge on any atom is -0.398 e. The highest BCUT2D eigenvalue weighted by atomic mass is 79.9. The lowest BCUT2D eigenvalue weighted by Gasteiger charge is -2.15. The molecule has 0 saturated heterocycles. The van der Waals surface area contributed by atoms with Crippen molar-refractivity contribution in [1.29, 1.82) is 0 Å². The van der Waals surface area contributed by atoms with Gasteiger partial charge in [0.25, 0.3) is 5.91 Å². The summed E-state index contributed by atoms with van der Waals surface area (Å²) in [6, 6.07) is 5.94. The molecule has 1 aromatic carbocycles. The fraction of sp³-hybridized carbons (Fsp3) is 0.462. The zero-order valence-electron chi connectivity index (χ0n) is 10.4. The van der Waals surface area contributed by atoms with Gasteiger partial charge in [-0.1, -0.05) is 0 Å². The number of rotatable bonds is 5. The fourth-order valence-corrected chi connectivity index (χ4v) is 2.19. The number of nitrogen functional groups attached to an aromatic ring is 1. The van der Waals surface area contributed by atoms with E-state index in [-0.39, 0.29) is 5.91 Å². The van der Waals surface area contributed by atoms with Crippen molar-refractivity contribution in [3.63, 3.8) is 0 Å². The number of amides is 1. The van der Waals surface area contributed by atoms with Crippen LogP contribution in [0.1, 0.15) is 23.2 Å². The number of hydrogen-bond donors (Lipinski definition) is 2. The first-order valence-corrected chi connectivity index (χ1v) is 6.90. The second-order valence-corrected chi connectivity index (χ2v) is 5.56. The summed E-state index contributed by atoms with van der Waals surface area (Å²) in [5, 5.41) is 2.92. The third-order valence-electron chi connectivity index (χ3n) is 3.18. The number of nitrogens with one attached hydrogen (secondary N) is 1. The van der Waals surface area contributed by atoms with Crippen LogP contribution in [0.3, 0.4) is 0 Å². The molecular formula is C13H18BrN3O. The van der Waals surface area contributed by atoms with Gasteiger partial charge in [0.15, 0.2) is 0 Å². The lowest BCUT2D eigenvalue weighted by Crippen LogP contribution is -2.33. The number of nitrogens with two attached hydrogens (primary N) is 1. The largest absolute Gasteiger partial charge is 0.398 e. The first kappa shape index (κ1) is 13.4. The molecule has 0 aliphatic heterocycles. The highest BCUT2D eigenvalue weighted by molar-refractivity contribution is 9.10. The number of benzene rings is 1. The second kappa shape index (κ2) is 5.71. The summed E-state index contributed by atoms with van der Waals surface area (Å²) in [4.78, 5) is 14.2. The predicted molar refractivity (Wildman–Crippen MR) is 76.5 cm³/mol. The molecule has 0 radical (unpaired) electrons. The van der Waals surface area contributed by atoms with Crippen LogP contribution in [0.25, 0.3) is 0 Å². The molecule has 2 rings (SSSR count). The number of hydrogen-bond acceptors (Lipinski definition) is 3. The maximum absolute atomic E-state index is 11.9. The van der Waals surface area contributed by atoms with Gasteiger partial charge in [-0.15, -0.1) is 0 Å². The van der Waals surface area contributed by atoms with Crippen LogP contribution in [0.4, 0.5) is 5.69 Å². The van der Waals surface area contributed by atoms with E-state index < -0.39 is 0 Å². The molecule has 3 N–H and O–H groups in total. The van der Waals surface area contributed by atoms with Crippen molar-refractivity contribution in [2.24, 2.45) is 0 Å². The molecule has 0 unspecified atom stereocenters. The van der Waals surface area contributed by atoms with Gasteiger partial charge in [0.05, 0.1) is 0 Å². The van der Waals surface area contributed by atoms with E-state index in [4.69, 9.17) is 5.73 Å². The summed E-state index contributed by atoms with van der Waals surface area (Å²) in [6.45, 7) is 1.57. The summed E-state index contributed by atoms with van der Waals surface area (Å²) in [5.74, 6) is -0.0557. The fourth-order valence-electron chi connectivity index (χ4n) is 1.81. The molecule has 0 bridgehead atoms. The van der Waals surface area contributed by atoms with Crippen LogP contribution in [-0.4, -0.2) is 37.0 Å². The van der Waals surface area contributed by atoms with E-state index in [0.717, 1.165) is 17.1 Å². The van der Waals surface area contributed by atoms with Gasteiger partial charge in [0.1, 0.15) is 0 Å². The Morgan fingerprint density at radius 3 is 2.89 bits per heavy atom. The number of anilines is 1. The predicted octanol–water partition coefficient (Wildman–Crippen LogP) is 1.86.